The lowest BCUT2D eigenvalue weighted by atomic mass is 10.0. The van der Waals surface area contributed by atoms with E-state index in [0.29, 0.717) is 35.1 Å². The number of imidazole rings is 1. The van der Waals surface area contributed by atoms with Crippen LogP contribution in [0.25, 0.3) is 33.6 Å². The number of nitrogens with zero attached hydrogens (tertiary/aromatic N) is 7. The Balaban J connectivity index is 1.19. The van der Waals surface area contributed by atoms with Gasteiger partial charge in [-0.3, -0.25) is 4.79 Å². The fourth-order valence-corrected chi connectivity index (χ4v) is 7.51. The summed E-state index contributed by atoms with van der Waals surface area (Å²) in [4.78, 5) is 35.2. The van der Waals surface area contributed by atoms with Gasteiger partial charge in [-0.15, -0.1) is 0 Å². The van der Waals surface area contributed by atoms with Crippen LogP contribution in [-0.2, 0) is 13.6 Å². The second kappa shape index (κ2) is 10.6. The van der Waals surface area contributed by atoms with Crippen LogP contribution >= 0.6 is 0 Å². The Bertz CT molecular complexity index is 1950. The number of hydrogen-bond donors (Lipinski definition) is 1. The van der Waals surface area contributed by atoms with Crippen molar-refractivity contribution >= 4 is 39.6 Å². The standard InChI is InChI=1S/C35H40N8O2/c1-19(2)32-36-13-12-30(39-32)38-29-11-9-22-15-27(42(33(22)40-29)17-21-6-7-21)34-37-25-14-24(16-28(45-5)31(25)41(34)4)35(44)43-18-23-8-10-26(43)20(23)3/h9,11-16,19-21,23,26H,6-8,10,17-18H2,1-5H3,(H,36,38,39,40)/t20-,23?,26?/m1/s1. The van der Waals surface area contributed by atoms with Crippen LogP contribution in [0.15, 0.2) is 42.6 Å². The molecule has 2 unspecified atom stereocenters. The van der Waals surface area contributed by atoms with E-state index in [1.54, 1.807) is 13.3 Å². The van der Waals surface area contributed by atoms with Gasteiger partial charge >= 0.3 is 0 Å². The normalized spacial score (nSPS) is 21.0. The van der Waals surface area contributed by atoms with Crippen LogP contribution in [0.5, 0.6) is 5.75 Å². The molecule has 10 heteroatoms. The van der Waals surface area contributed by atoms with Crippen LogP contribution < -0.4 is 10.1 Å². The lowest BCUT2D eigenvalue weighted by molar-refractivity contribution is 0.0696. The number of rotatable bonds is 8. The molecule has 2 saturated carbocycles. The van der Waals surface area contributed by atoms with Crippen LogP contribution in [0.4, 0.5) is 11.6 Å². The molecule has 5 aromatic rings. The number of amides is 1. The van der Waals surface area contributed by atoms with E-state index in [-0.39, 0.29) is 11.8 Å². The Hall–Kier alpha value is -4.47. The van der Waals surface area contributed by atoms with Crippen molar-refractivity contribution in [1.82, 2.24) is 34.0 Å². The van der Waals surface area contributed by atoms with Gasteiger partial charge in [0, 0.05) is 49.2 Å². The van der Waals surface area contributed by atoms with Crippen molar-refractivity contribution < 1.29 is 9.53 Å². The number of aryl methyl sites for hydroxylation is 1. The molecular weight excluding hydrogens is 564 g/mol. The average Bonchev–Trinajstić information content (AvgIpc) is 3.45. The molecule has 0 radical (unpaired) electrons. The molecule has 3 atom stereocenters. The van der Waals surface area contributed by atoms with E-state index < -0.39 is 0 Å². The summed E-state index contributed by atoms with van der Waals surface area (Å²) in [7, 11) is 3.69. The zero-order valence-corrected chi connectivity index (χ0v) is 26.6. The first-order valence-corrected chi connectivity index (χ1v) is 16.2. The van der Waals surface area contributed by atoms with Crippen LogP contribution in [-0.4, -0.2) is 59.6 Å². The highest BCUT2D eigenvalue weighted by atomic mass is 16.5. The summed E-state index contributed by atoms with van der Waals surface area (Å²) in [6, 6.07) is 12.3. The van der Waals surface area contributed by atoms with E-state index in [2.05, 4.69) is 62.2 Å². The highest BCUT2D eigenvalue weighted by molar-refractivity contribution is 6.00. The Morgan fingerprint density at radius 3 is 2.58 bits per heavy atom. The molecule has 1 aromatic carbocycles. The van der Waals surface area contributed by atoms with E-state index in [1.165, 1.54) is 19.3 Å². The monoisotopic (exact) mass is 604 g/mol. The zero-order valence-electron chi connectivity index (χ0n) is 26.6. The first kappa shape index (κ1) is 28.0. The number of carbonyl (C=O) groups excluding carboxylic acids is 1. The van der Waals surface area contributed by atoms with Gasteiger partial charge in [0.1, 0.15) is 34.4 Å². The van der Waals surface area contributed by atoms with Gasteiger partial charge in [-0.1, -0.05) is 20.8 Å². The Kier molecular flexibility index (Phi) is 6.58. The van der Waals surface area contributed by atoms with Crippen LogP contribution in [0.1, 0.15) is 68.6 Å². The SMILES string of the molecule is COc1cc(C(=O)N2CC3CCC2[C@@H]3C)cc2nc(-c3cc4ccc(Nc5ccnc(C(C)C)n5)nc4n3CC3CC3)n(C)c12. The number of piperidine rings is 1. The van der Waals surface area contributed by atoms with Crippen molar-refractivity contribution in [2.24, 2.45) is 24.8 Å². The van der Waals surface area contributed by atoms with E-state index in [4.69, 9.17) is 14.7 Å². The summed E-state index contributed by atoms with van der Waals surface area (Å²) in [6.45, 7) is 8.18. The molecule has 1 amide bonds. The van der Waals surface area contributed by atoms with Gasteiger partial charge in [-0.05, 0) is 79.8 Å². The summed E-state index contributed by atoms with van der Waals surface area (Å²) in [5.41, 5.74) is 4.20. The summed E-state index contributed by atoms with van der Waals surface area (Å²) >= 11 is 0. The van der Waals surface area contributed by atoms with Gasteiger partial charge in [0.05, 0.1) is 18.3 Å². The molecule has 5 heterocycles. The smallest absolute Gasteiger partial charge is 0.254 e. The number of carbonyl (C=O) groups is 1. The summed E-state index contributed by atoms with van der Waals surface area (Å²) in [5.74, 6) is 5.87. The molecule has 232 valence electrons. The number of nitrogens with one attached hydrogen (secondary N) is 1. The number of aromatic nitrogens is 6. The summed E-state index contributed by atoms with van der Waals surface area (Å²) < 4.78 is 10.3. The van der Waals surface area contributed by atoms with Crippen molar-refractivity contribution in [3.63, 3.8) is 0 Å². The predicted molar refractivity (Wildman–Crippen MR) is 175 cm³/mol. The third-order valence-corrected chi connectivity index (χ3v) is 10.2. The fraction of sp³-hybridized carbons (Fsp3) is 0.457. The predicted octanol–water partition coefficient (Wildman–Crippen LogP) is 6.54. The molecule has 3 aliphatic rings. The second-order valence-electron chi connectivity index (χ2n) is 13.5. The molecule has 10 nitrogen and oxygen atoms in total. The molecular formula is C35H40N8O2. The number of fused-ring (bicyclic) bond motifs is 4. The average molecular weight is 605 g/mol. The van der Waals surface area contributed by atoms with Crippen LogP contribution in [0.3, 0.4) is 0 Å². The molecule has 4 aromatic heterocycles. The van der Waals surface area contributed by atoms with Gasteiger partial charge in [-0.25, -0.2) is 19.9 Å². The number of benzene rings is 1. The molecule has 2 bridgehead atoms. The van der Waals surface area contributed by atoms with Gasteiger partial charge < -0.3 is 24.1 Å². The number of anilines is 2. The van der Waals surface area contributed by atoms with Gasteiger partial charge in [0.2, 0.25) is 0 Å². The van der Waals surface area contributed by atoms with Crippen molar-refractivity contribution in [2.75, 3.05) is 19.0 Å². The maximum Gasteiger partial charge on any atom is 0.254 e. The Morgan fingerprint density at radius 2 is 1.87 bits per heavy atom. The minimum absolute atomic E-state index is 0.0812. The van der Waals surface area contributed by atoms with E-state index in [1.807, 2.05) is 31.3 Å². The minimum atomic E-state index is 0.0812. The van der Waals surface area contributed by atoms with Crippen molar-refractivity contribution in [2.45, 2.75) is 65.0 Å². The number of likely N-dealkylation sites (tertiary alicyclic amines) is 1. The van der Waals surface area contributed by atoms with Crippen molar-refractivity contribution in [3.05, 3.63) is 54.0 Å². The molecule has 45 heavy (non-hydrogen) atoms. The quantitative estimate of drug-likeness (QED) is 0.215. The van der Waals surface area contributed by atoms with Gasteiger partial charge in [0.25, 0.3) is 5.91 Å². The summed E-state index contributed by atoms with van der Waals surface area (Å²) in [5, 5.41) is 4.44. The number of methoxy groups -OCH3 is 1. The number of hydrogen-bond acceptors (Lipinski definition) is 7. The third-order valence-electron chi connectivity index (χ3n) is 10.2. The second-order valence-corrected chi connectivity index (χ2v) is 13.5. The topological polar surface area (TPSA) is 103 Å². The van der Waals surface area contributed by atoms with Crippen LogP contribution in [0.2, 0.25) is 0 Å². The zero-order chi connectivity index (χ0) is 31.0. The van der Waals surface area contributed by atoms with E-state index in [0.717, 1.165) is 70.6 Å². The highest BCUT2D eigenvalue weighted by Crippen LogP contribution is 2.44. The molecule has 1 saturated heterocycles. The highest BCUT2D eigenvalue weighted by Gasteiger charge is 2.46. The maximum atomic E-state index is 13.8. The van der Waals surface area contributed by atoms with E-state index >= 15 is 0 Å². The molecule has 1 N–H and O–H groups in total. The molecule has 3 fully saturated rings. The summed E-state index contributed by atoms with van der Waals surface area (Å²) in [6.07, 6.45) is 6.54. The van der Waals surface area contributed by atoms with Crippen molar-refractivity contribution in [1.29, 1.82) is 0 Å². The van der Waals surface area contributed by atoms with Crippen LogP contribution in [0, 0.1) is 17.8 Å². The first-order valence-electron chi connectivity index (χ1n) is 16.2. The minimum Gasteiger partial charge on any atom is -0.494 e. The Morgan fingerprint density at radius 1 is 1.04 bits per heavy atom. The Labute approximate surface area is 262 Å². The number of ether oxygens (including phenoxy) is 1. The van der Waals surface area contributed by atoms with Gasteiger partial charge in [-0.2, -0.15) is 0 Å². The third kappa shape index (κ3) is 4.73. The molecule has 2 aliphatic carbocycles. The first-order chi connectivity index (χ1) is 21.8. The number of pyridine rings is 1. The fourth-order valence-electron chi connectivity index (χ4n) is 7.51. The molecule has 1 aliphatic heterocycles. The largest absolute Gasteiger partial charge is 0.494 e. The maximum absolute atomic E-state index is 13.8. The van der Waals surface area contributed by atoms with Gasteiger partial charge in [0.15, 0.2) is 5.82 Å². The molecule has 8 rings (SSSR count). The lowest BCUT2D eigenvalue weighted by Gasteiger charge is -2.27. The lowest BCUT2D eigenvalue weighted by Crippen LogP contribution is -2.38. The molecule has 0 spiro atoms. The van der Waals surface area contributed by atoms with E-state index in [9.17, 15) is 4.79 Å². The van der Waals surface area contributed by atoms with Crippen molar-refractivity contribution in [3.8, 4) is 17.3 Å².